The number of carbonyl (C=O) groups excluding carboxylic acids is 1. The van der Waals surface area contributed by atoms with Gasteiger partial charge in [0.2, 0.25) is 0 Å². The van der Waals surface area contributed by atoms with Crippen molar-refractivity contribution in [1.82, 2.24) is 10.3 Å². The van der Waals surface area contributed by atoms with E-state index in [0.717, 1.165) is 29.5 Å². The molecule has 0 aliphatic heterocycles. The van der Waals surface area contributed by atoms with Gasteiger partial charge in [0, 0.05) is 23.4 Å². The number of rotatable bonds is 6. The first-order chi connectivity index (χ1) is 10.2. The highest BCUT2D eigenvalue weighted by molar-refractivity contribution is 9.10. The zero-order chi connectivity index (χ0) is 15.1. The van der Waals surface area contributed by atoms with Gasteiger partial charge in [-0.15, -0.1) is 0 Å². The molecule has 2 rings (SSSR count). The van der Waals surface area contributed by atoms with Crippen molar-refractivity contribution in [3.05, 3.63) is 63.9 Å². The molecule has 0 fully saturated rings. The van der Waals surface area contributed by atoms with Gasteiger partial charge in [-0.05, 0) is 42.3 Å². The largest absolute Gasteiger partial charge is 0.465 e. The topological polar surface area (TPSA) is 51.2 Å². The first kappa shape index (κ1) is 15.7. The molecule has 0 unspecified atom stereocenters. The molecule has 1 N–H and O–H groups in total. The number of nitrogens with zero attached hydrogens (tertiary/aromatic N) is 1. The molecule has 0 spiro atoms. The molecule has 1 heterocycles. The normalized spacial score (nSPS) is 10.4. The molecule has 110 valence electrons. The Balaban J connectivity index is 1.85. The summed E-state index contributed by atoms with van der Waals surface area (Å²) in [5, 5.41) is 3.38. The number of halogens is 1. The minimum Gasteiger partial charge on any atom is -0.465 e. The Morgan fingerprint density at radius 3 is 2.90 bits per heavy atom. The number of methoxy groups -OCH3 is 1. The Morgan fingerprint density at radius 2 is 2.24 bits per heavy atom. The maximum Gasteiger partial charge on any atom is 0.337 e. The molecule has 0 aliphatic rings. The van der Waals surface area contributed by atoms with Gasteiger partial charge in [0.1, 0.15) is 0 Å². The average molecular weight is 349 g/mol. The molecular weight excluding hydrogens is 332 g/mol. The number of pyridine rings is 1. The van der Waals surface area contributed by atoms with Gasteiger partial charge in [-0.2, -0.15) is 0 Å². The van der Waals surface area contributed by atoms with Crippen LogP contribution in [0.15, 0.2) is 47.2 Å². The summed E-state index contributed by atoms with van der Waals surface area (Å²) in [5.74, 6) is -0.327. The molecule has 0 radical (unpaired) electrons. The molecule has 0 saturated heterocycles. The number of hydrogen-bond donors (Lipinski definition) is 1. The standard InChI is InChI=1S/C16H17BrN2O2/c1-21-16(20)13-4-5-14(15(17)9-13)11-19-8-6-12-3-2-7-18-10-12/h2-5,7,9-10,19H,6,8,11H2,1H3. The molecule has 0 bridgehead atoms. The first-order valence-electron chi connectivity index (χ1n) is 6.67. The van der Waals surface area contributed by atoms with Crippen LogP contribution >= 0.6 is 15.9 Å². The van der Waals surface area contributed by atoms with Gasteiger partial charge in [0.15, 0.2) is 0 Å². The van der Waals surface area contributed by atoms with Crippen molar-refractivity contribution in [1.29, 1.82) is 0 Å². The second kappa shape index (κ2) is 7.90. The van der Waals surface area contributed by atoms with Crippen LogP contribution in [-0.2, 0) is 17.7 Å². The van der Waals surface area contributed by atoms with Crippen molar-refractivity contribution in [2.45, 2.75) is 13.0 Å². The molecular formula is C16H17BrN2O2. The third-order valence-electron chi connectivity index (χ3n) is 3.10. The summed E-state index contributed by atoms with van der Waals surface area (Å²) in [6.07, 6.45) is 4.59. The van der Waals surface area contributed by atoms with E-state index in [9.17, 15) is 4.79 Å². The van der Waals surface area contributed by atoms with Crippen molar-refractivity contribution < 1.29 is 9.53 Å². The summed E-state index contributed by atoms with van der Waals surface area (Å²) in [7, 11) is 1.38. The summed E-state index contributed by atoms with van der Waals surface area (Å²) in [4.78, 5) is 15.5. The van der Waals surface area contributed by atoms with E-state index in [1.165, 1.54) is 12.7 Å². The summed E-state index contributed by atoms with van der Waals surface area (Å²) >= 11 is 3.48. The smallest absolute Gasteiger partial charge is 0.337 e. The highest BCUT2D eigenvalue weighted by Gasteiger charge is 2.08. The summed E-state index contributed by atoms with van der Waals surface area (Å²) in [6.45, 7) is 1.61. The average Bonchev–Trinajstić information content (AvgIpc) is 2.53. The van der Waals surface area contributed by atoms with Gasteiger partial charge in [0.25, 0.3) is 0 Å². The number of benzene rings is 1. The Labute approximate surface area is 132 Å². The van der Waals surface area contributed by atoms with Gasteiger partial charge >= 0.3 is 5.97 Å². The molecule has 0 saturated carbocycles. The van der Waals surface area contributed by atoms with E-state index in [0.29, 0.717) is 5.56 Å². The fraction of sp³-hybridized carbons (Fsp3) is 0.250. The SMILES string of the molecule is COC(=O)c1ccc(CNCCc2cccnc2)c(Br)c1. The second-order valence-corrected chi connectivity index (χ2v) is 5.44. The molecule has 5 heteroatoms. The fourth-order valence-corrected chi connectivity index (χ4v) is 2.46. The minimum absolute atomic E-state index is 0.327. The predicted octanol–water partition coefficient (Wildman–Crippen LogP) is 2.96. The van der Waals surface area contributed by atoms with E-state index in [-0.39, 0.29) is 5.97 Å². The zero-order valence-corrected chi connectivity index (χ0v) is 13.4. The van der Waals surface area contributed by atoms with E-state index in [1.807, 2.05) is 18.3 Å². The lowest BCUT2D eigenvalue weighted by Gasteiger charge is -2.08. The van der Waals surface area contributed by atoms with Crippen LogP contribution in [0.5, 0.6) is 0 Å². The molecule has 0 amide bonds. The Hall–Kier alpha value is -1.72. The predicted molar refractivity (Wildman–Crippen MR) is 85.1 cm³/mol. The van der Waals surface area contributed by atoms with Gasteiger partial charge in [-0.3, -0.25) is 4.98 Å². The van der Waals surface area contributed by atoms with Crippen LogP contribution in [0, 0.1) is 0 Å². The van der Waals surface area contributed by atoms with Crippen LogP contribution in [0.4, 0.5) is 0 Å². The lowest BCUT2D eigenvalue weighted by atomic mass is 10.1. The number of nitrogens with one attached hydrogen (secondary N) is 1. The molecule has 0 aliphatic carbocycles. The highest BCUT2D eigenvalue weighted by Crippen LogP contribution is 2.19. The maximum absolute atomic E-state index is 11.4. The van der Waals surface area contributed by atoms with Crippen molar-refractivity contribution in [2.24, 2.45) is 0 Å². The number of carbonyl (C=O) groups is 1. The first-order valence-corrected chi connectivity index (χ1v) is 7.46. The molecule has 2 aromatic rings. The molecule has 0 atom stereocenters. The van der Waals surface area contributed by atoms with E-state index in [4.69, 9.17) is 4.74 Å². The van der Waals surface area contributed by atoms with Crippen LogP contribution in [-0.4, -0.2) is 24.6 Å². The molecule has 1 aromatic carbocycles. The van der Waals surface area contributed by atoms with Gasteiger partial charge in [0.05, 0.1) is 12.7 Å². The molecule has 4 nitrogen and oxygen atoms in total. The fourth-order valence-electron chi connectivity index (χ4n) is 1.94. The lowest BCUT2D eigenvalue weighted by molar-refractivity contribution is 0.0600. The van der Waals surface area contributed by atoms with Gasteiger partial charge < -0.3 is 10.1 Å². The van der Waals surface area contributed by atoms with Crippen LogP contribution in [0.25, 0.3) is 0 Å². The van der Waals surface area contributed by atoms with Crippen molar-refractivity contribution in [3.63, 3.8) is 0 Å². The van der Waals surface area contributed by atoms with Crippen LogP contribution < -0.4 is 5.32 Å². The highest BCUT2D eigenvalue weighted by atomic mass is 79.9. The number of esters is 1. The minimum atomic E-state index is -0.327. The third kappa shape index (κ3) is 4.65. The van der Waals surface area contributed by atoms with Crippen LogP contribution in [0.2, 0.25) is 0 Å². The van der Waals surface area contributed by atoms with Crippen molar-refractivity contribution in [3.8, 4) is 0 Å². The lowest BCUT2D eigenvalue weighted by Crippen LogP contribution is -2.17. The molecule has 1 aromatic heterocycles. The van der Waals surface area contributed by atoms with Gasteiger partial charge in [-0.25, -0.2) is 4.79 Å². The summed E-state index contributed by atoms with van der Waals surface area (Å²) < 4.78 is 5.60. The quantitative estimate of drug-likeness (QED) is 0.644. The van der Waals surface area contributed by atoms with E-state index < -0.39 is 0 Å². The Kier molecular flexibility index (Phi) is 5.90. The van der Waals surface area contributed by atoms with Crippen LogP contribution in [0.1, 0.15) is 21.5 Å². The second-order valence-electron chi connectivity index (χ2n) is 4.59. The van der Waals surface area contributed by atoms with Crippen LogP contribution in [0.3, 0.4) is 0 Å². The number of aromatic nitrogens is 1. The zero-order valence-electron chi connectivity index (χ0n) is 11.8. The van der Waals surface area contributed by atoms with Crippen molar-refractivity contribution >= 4 is 21.9 Å². The van der Waals surface area contributed by atoms with E-state index in [2.05, 4.69) is 32.3 Å². The van der Waals surface area contributed by atoms with Gasteiger partial charge in [-0.1, -0.05) is 28.1 Å². The number of hydrogen-bond acceptors (Lipinski definition) is 4. The monoisotopic (exact) mass is 348 g/mol. The number of ether oxygens (including phenoxy) is 1. The van der Waals surface area contributed by atoms with E-state index >= 15 is 0 Å². The maximum atomic E-state index is 11.4. The summed E-state index contributed by atoms with van der Waals surface area (Å²) in [6, 6.07) is 9.49. The van der Waals surface area contributed by atoms with Crippen molar-refractivity contribution in [2.75, 3.05) is 13.7 Å². The molecule has 21 heavy (non-hydrogen) atoms. The summed E-state index contributed by atoms with van der Waals surface area (Å²) in [5.41, 5.74) is 2.86. The Bertz CT molecular complexity index is 602. The van der Waals surface area contributed by atoms with E-state index in [1.54, 1.807) is 18.3 Å². The Morgan fingerprint density at radius 1 is 1.38 bits per heavy atom. The third-order valence-corrected chi connectivity index (χ3v) is 3.84.